The Bertz CT molecular complexity index is 834. The molecule has 0 aliphatic heterocycles. The number of aryl methyl sites for hydroxylation is 1. The maximum absolute atomic E-state index is 5.17. The van der Waals surface area contributed by atoms with Crippen molar-refractivity contribution < 1.29 is 4.74 Å². The van der Waals surface area contributed by atoms with Crippen LogP contribution in [0.1, 0.15) is 5.56 Å². The van der Waals surface area contributed by atoms with Gasteiger partial charge in [-0.15, -0.1) is 0 Å². The molecule has 1 N–H and O–H groups in total. The van der Waals surface area contributed by atoms with Crippen molar-refractivity contribution in [2.45, 2.75) is 6.92 Å². The minimum atomic E-state index is 0.693. The predicted octanol–water partition coefficient (Wildman–Crippen LogP) is 3.76. The van der Waals surface area contributed by atoms with Crippen molar-refractivity contribution in [3.05, 3.63) is 54.4 Å². The second-order valence-electron chi connectivity index (χ2n) is 5.82. The number of aromatic nitrogens is 2. The van der Waals surface area contributed by atoms with E-state index in [1.165, 1.54) is 5.56 Å². The molecule has 2 aromatic heterocycles. The Balaban J connectivity index is 1.89. The maximum atomic E-state index is 5.17. The highest BCUT2D eigenvalue weighted by Gasteiger charge is 2.08. The molecule has 0 radical (unpaired) electrons. The fourth-order valence-corrected chi connectivity index (χ4v) is 2.64. The molecule has 0 saturated heterocycles. The van der Waals surface area contributed by atoms with E-state index in [4.69, 9.17) is 4.74 Å². The van der Waals surface area contributed by atoms with Crippen LogP contribution in [0, 0.1) is 6.92 Å². The smallest absolute Gasteiger partial charge is 0.130 e. The second kappa shape index (κ2) is 7.27. The zero-order valence-corrected chi connectivity index (χ0v) is 14.3. The Labute approximate surface area is 142 Å². The first kappa shape index (κ1) is 16.2. The monoisotopic (exact) mass is 322 g/mol. The van der Waals surface area contributed by atoms with Gasteiger partial charge in [0.25, 0.3) is 0 Å². The first-order valence-electron chi connectivity index (χ1n) is 7.96. The van der Waals surface area contributed by atoms with Crippen LogP contribution in [0.2, 0.25) is 0 Å². The van der Waals surface area contributed by atoms with Gasteiger partial charge in [-0.05, 0) is 48.9 Å². The molecule has 0 aliphatic carbocycles. The van der Waals surface area contributed by atoms with Gasteiger partial charge < -0.3 is 15.0 Å². The highest BCUT2D eigenvalue weighted by Crippen LogP contribution is 2.27. The molecule has 3 rings (SSSR count). The standard InChI is InChI=1S/C19H22N4O/c1-14-6-8-21-19(12-14)22-15-4-5-16-17(13-15)20-9-7-18(16)23(2)10-11-24-3/h4-9,12-13H,10-11H2,1-3H3,(H,21,22). The molecule has 124 valence electrons. The summed E-state index contributed by atoms with van der Waals surface area (Å²) in [7, 11) is 3.78. The van der Waals surface area contributed by atoms with Gasteiger partial charge in [-0.25, -0.2) is 4.98 Å². The number of hydrogen-bond acceptors (Lipinski definition) is 5. The number of likely N-dealkylation sites (N-methyl/N-ethyl adjacent to an activating group) is 1. The fourth-order valence-electron chi connectivity index (χ4n) is 2.64. The van der Waals surface area contributed by atoms with Crippen molar-refractivity contribution in [2.75, 3.05) is 37.5 Å². The van der Waals surface area contributed by atoms with Crippen LogP contribution in [-0.2, 0) is 4.74 Å². The van der Waals surface area contributed by atoms with Gasteiger partial charge in [-0.2, -0.15) is 0 Å². The molecule has 0 atom stereocenters. The Kier molecular flexibility index (Phi) is 4.91. The summed E-state index contributed by atoms with van der Waals surface area (Å²) in [6.07, 6.45) is 3.65. The molecule has 24 heavy (non-hydrogen) atoms. The molecular weight excluding hydrogens is 300 g/mol. The van der Waals surface area contributed by atoms with Crippen LogP contribution < -0.4 is 10.2 Å². The molecule has 0 unspecified atom stereocenters. The number of ether oxygens (including phenoxy) is 1. The molecule has 0 bridgehead atoms. The van der Waals surface area contributed by atoms with Crippen molar-refractivity contribution in [3.63, 3.8) is 0 Å². The first-order valence-corrected chi connectivity index (χ1v) is 7.96. The van der Waals surface area contributed by atoms with Gasteiger partial charge in [0.15, 0.2) is 0 Å². The molecule has 0 amide bonds. The summed E-state index contributed by atoms with van der Waals surface area (Å²) >= 11 is 0. The predicted molar refractivity (Wildman–Crippen MR) is 99.1 cm³/mol. The molecule has 0 fully saturated rings. The van der Waals surface area contributed by atoms with Crippen LogP contribution in [0.5, 0.6) is 0 Å². The number of nitrogens with one attached hydrogen (secondary N) is 1. The maximum Gasteiger partial charge on any atom is 0.130 e. The Morgan fingerprint density at radius 1 is 1.08 bits per heavy atom. The summed E-state index contributed by atoms with van der Waals surface area (Å²) in [4.78, 5) is 11.0. The lowest BCUT2D eigenvalue weighted by Gasteiger charge is -2.20. The van der Waals surface area contributed by atoms with Crippen molar-refractivity contribution in [1.29, 1.82) is 0 Å². The van der Waals surface area contributed by atoms with Gasteiger partial charge in [-0.1, -0.05) is 0 Å². The summed E-state index contributed by atoms with van der Waals surface area (Å²) in [6.45, 7) is 3.58. The van der Waals surface area contributed by atoms with Crippen LogP contribution in [0.25, 0.3) is 10.9 Å². The van der Waals surface area contributed by atoms with E-state index in [1.54, 1.807) is 13.3 Å². The third-order valence-corrected chi connectivity index (χ3v) is 3.95. The van der Waals surface area contributed by atoms with Gasteiger partial charge in [0.1, 0.15) is 5.82 Å². The van der Waals surface area contributed by atoms with Gasteiger partial charge >= 0.3 is 0 Å². The molecule has 3 aromatic rings. The third kappa shape index (κ3) is 3.63. The molecular formula is C19H22N4O. The first-order chi connectivity index (χ1) is 11.7. The summed E-state index contributed by atoms with van der Waals surface area (Å²) < 4.78 is 5.17. The molecule has 2 heterocycles. The van der Waals surface area contributed by atoms with E-state index < -0.39 is 0 Å². The topological polar surface area (TPSA) is 50.3 Å². The van der Waals surface area contributed by atoms with Crippen molar-refractivity contribution in [3.8, 4) is 0 Å². The van der Waals surface area contributed by atoms with Crippen LogP contribution in [0.15, 0.2) is 48.8 Å². The van der Waals surface area contributed by atoms with E-state index in [0.717, 1.165) is 34.6 Å². The average Bonchev–Trinajstić information content (AvgIpc) is 2.59. The molecule has 0 spiro atoms. The molecule has 1 aromatic carbocycles. The minimum absolute atomic E-state index is 0.693. The molecule has 0 saturated carbocycles. The number of nitrogens with zero attached hydrogens (tertiary/aromatic N) is 3. The molecule has 5 nitrogen and oxygen atoms in total. The summed E-state index contributed by atoms with van der Waals surface area (Å²) in [5, 5.41) is 4.46. The largest absolute Gasteiger partial charge is 0.383 e. The minimum Gasteiger partial charge on any atom is -0.383 e. The van der Waals surface area contributed by atoms with Crippen LogP contribution in [0.4, 0.5) is 17.2 Å². The number of hydrogen-bond donors (Lipinski definition) is 1. The average molecular weight is 322 g/mol. The van der Waals surface area contributed by atoms with E-state index in [1.807, 2.05) is 30.5 Å². The number of fused-ring (bicyclic) bond motifs is 1. The second-order valence-corrected chi connectivity index (χ2v) is 5.82. The Morgan fingerprint density at radius 3 is 2.71 bits per heavy atom. The lowest BCUT2D eigenvalue weighted by molar-refractivity contribution is 0.206. The van der Waals surface area contributed by atoms with E-state index in [2.05, 4.69) is 46.3 Å². The summed E-state index contributed by atoms with van der Waals surface area (Å²) in [6, 6.07) is 12.2. The SMILES string of the molecule is COCCN(C)c1ccnc2cc(Nc3cc(C)ccn3)ccc12. The molecule has 5 heteroatoms. The van der Waals surface area contributed by atoms with E-state index in [-0.39, 0.29) is 0 Å². The number of methoxy groups -OCH3 is 1. The van der Waals surface area contributed by atoms with Crippen LogP contribution in [0.3, 0.4) is 0 Å². The van der Waals surface area contributed by atoms with Gasteiger partial charge in [-0.3, -0.25) is 4.98 Å². The van der Waals surface area contributed by atoms with Crippen LogP contribution in [-0.4, -0.2) is 37.3 Å². The Hall–Kier alpha value is -2.66. The molecule has 0 aliphatic rings. The number of pyridine rings is 2. The van der Waals surface area contributed by atoms with Crippen molar-refractivity contribution in [2.24, 2.45) is 0 Å². The Morgan fingerprint density at radius 2 is 1.92 bits per heavy atom. The van der Waals surface area contributed by atoms with Gasteiger partial charge in [0.2, 0.25) is 0 Å². The summed E-state index contributed by atoms with van der Waals surface area (Å²) in [5.74, 6) is 0.836. The normalized spacial score (nSPS) is 10.8. The van der Waals surface area contributed by atoms with E-state index in [9.17, 15) is 0 Å². The van der Waals surface area contributed by atoms with E-state index in [0.29, 0.717) is 6.61 Å². The highest BCUT2D eigenvalue weighted by molar-refractivity contribution is 5.93. The van der Waals surface area contributed by atoms with Crippen LogP contribution >= 0.6 is 0 Å². The summed E-state index contributed by atoms with van der Waals surface area (Å²) in [5.41, 5.74) is 4.25. The van der Waals surface area contributed by atoms with Gasteiger partial charge in [0.05, 0.1) is 12.1 Å². The quantitative estimate of drug-likeness (QED) is 0.749. The zero-order chi connectivity index (χ0) is 16.9. The fraction of sp³-hybridized carbons (Fsp3) is 0.263. The van der Waals surface area contributed by atoms with E-state index >= 15 is 0 Å². The number of rotatable bonds is 6. The third-order valence-electron chi connectivity index (χ3n) is 3.95. The van der Waals surface area contributed by atoms with Crippen molar-refractivity contribution >= 4 is 28.1 Å². The van der Waals surface area contributed by atoms with Gasteiger partial charge in [0, 0.05) is 49.9 Å². The highest BCUT2D eigenvalue weighted by atomic mass is 16.5. The number of benzene rings is 1. The zero-order valence-electron chi connectivity index (χ0n) is 14.3. The number of anilines is 3. The van der Waals surface area contributed by atoms with Crippen molar-refractivity contribution in [1.82, 2.24) is 9.97 Å². The lowest BCUT2D eigenvalue weighted by atomic mass is 10.1. The lowest BCUT2D eigenvalue weighted by Crippen LogP contribution is -2.22.